The van der Waals surface area contributed by atoms with Crippen LogP contribution in [0.1, 0.15) is 18.5 Å². The van der Waals surface area contributed by atoms with Gasteiger partial charge in [-0.2, -0.15) is 5.10 Å². The summed E-state index contributed by atoms with van der Waals surface area (Å²) in [5.41, 5.74) is 4.79. The molecule has 0 spiro atoms. The Morgan fingerprint density at radius 3 is 2.68 bits per heavy atom. The van der Waals surface area contributed by atoms with Gasteiger partial charge in [0.15, 0.2) is 0 Å². The third kappa shape index (κ3) is 4.41. The van der Waals surface area contributed by atoms with E-state index < -0.39 is 6.09 Å². The molecular weight excluding hydrogens is 392 g/mol. The van der Waals surface area contributed by atoms with E-state index in [2.05, 4.69) is 29.7 Å². The van der Waals surface area contributed by atoms with Crippen molar-refractivity contribution in [1.82, 2.24) is 19.6 Å². The summed E-state index contributed by atoms with van der Waals surface area (Å²) in [6.07, 6.45) is 2.76. The largest absolute Gasteiger partial charge is 0.507 e. The summed E-state index contributed by atoms with van der Waals surface area (Å²) in [7, 11) is 4.12. The van der Waals surface area contributed by atoms with Crippen LogP contribution in [0.3, 0.4) is 0 Å². The quantitative estimate of drug-likeness (QED) is 0.627. The van der Waals surface area contributed by atoms with Gasteiger partial charge in [0, 0.05) is 30.6 Å². The van der Waals surface area contributed by atoms with Crippen molar-refractivity contribution in [1.29, 1.82) is 0 Å². The molecule has 0 aliphatic carbocycles. The van der Waals surface area contributed by atoms with E-state index in [-0.39, 0.29) is 5.75 Å². The van der Waals surface area contributed by atoms with E-state index >= 15 is 0 Å². The van der Waals surface area contributed by atoms with Crippen molar-refractivity contribution in [3.8, 4) is 16.9 Å². The molecule has 7 heteroatoms. The van der Waals surface area contributed by atoms with Gasteiger partial charge in [0.1, 0.15) is 5.75 Å². The van der Waals surface area contributed by atoms with Gasteiger partial charge in [0.25, 0.3) is 0 Å². The maximum Gasteiger partial charge on any atom is 0.407 e. The summed E-state index contributed by atoms with van der Waals surface area (Å²) in [6.45, 7) is 2.63. The van der Waals surface area contributed by atoms with E-state index in [0.717, 1.165) is 52.8 Å². The monoisotopic (exact) mass is 420 g/mol. The Hall–Kier alpha value is -3.32. The number of benzene rings is 2. The summed E-state index contributed by atoms with van der Waals surface area (Å²) in [4.78, 5) is 14.9. The molecule has 0 saturated carbocycles. The van der Waals surface area contributed by atoms with E-state index in [1.165, 1.54) is 4.90 Å². The first kappa shape index (κ1) is 20.9. The first-order chi connectivity index (χ1) is 14.9. The maximum absolute atomic E-state index is 11.3. The third-order valence-corrected chi connectivity index (χ3v) is 5.71. The Morgan fingerprint density at radius 2 is 2.00 bits per heavy atom. The highest BCUT2D eigenvalue weighted by atomic mass is 16.4. The average Bonchev–Trinajstić information content (AvgIpc) is 3.11. The number of para-hydroxylation sites is 1. The summed E-state index contributed by atoms with van der Waals surface area (Å²) in [6, 6.07) is 13.4. The predicted octanol–water partition coefficient (Wildman–Crippen LogP) is 4.13. The molecule has 1 aromatic heterocycles. The summed E-state index contributed by atoms with van der Waals surface area (Å²) in [5, 5.41) is 25.5. The number of aryl methyl sites for hydroxylation is 1. The van der Waals surface area contributed by atoms with E-state index in [9.17, 15) is 15.0 Å². The fourth-order valence-electron chi connectivity index (χ4n) is 4.11. The van der Waals surface area contributed by atoms with Gasteiger partial charge < -0.3 is 20.0 Å². The molecule has 3 aromatic rings. The van der Waals surface area contributed by atoms with E-state index in [1.54, 1.807) is 6.07 Å². The van der Waals surface area contributed by atoms with Crippen molar-refractivity contribution < 1.29 is 15.0 Å². The fourth-order valence-corrected chi connectivity index (χ4v) is 4.11. The zero-order valence-corrected chi connectivity index (χ0v) is 18.0. The van der Waals surface area contributed by atoms with Gasteiger partial charge in [0.05, 0.1) is 11.2 Å². The topological polar surface area (TPSA) is 81.8 Å². The van der Waals surface area contributed by atoms with Crippen LogP contribution in [0.15, 0.2) is 48.5 Å². The summed E-state index contributed by atoms with van der Waals surface area (Å²) < 4.78 is 2.06. The van der Waals surface area contributed by atoms with Crippen LogP contribution in [0.2, 0.25) is 0 Å². The number of hydrogen-bond acceptors (Lipinski definition) is 4. The van der Waals surface area contributed by atoms with Crippen molar-refractivity contribution in [3.63, 3.8) is 0 Å². The lowest BCUT2D eigenvalue weighted by molar-refractivity contribution is 0.150. The minimum atomic E-state index is -0.882. The standard InChI is InChI=1S/C24H28N4O3/c1-26(2)12-5-13-28-23(17-10-14-27(15-11-17)24(30)31)20-9-8-18(16-21(20)25-28)19-6-3-4-7-22(19)29/h3-4,6-10,16,29H,5,11-15H2,1-2H3,(H,30,31). The Balaban J connectivity index is 1.75. The number of rotatable bonds is 6. The zero-order valence-electron chi connectivity index (χ0n) is 18.0. The number of amides is 1. The Labute approximate surface area is 181 Å². The second kappa shape index (κ2) is 8.81. The number of aromatic nitrogens is 2. The van der Waals surface area contributed by atoms with Gasteiger partial charge in [-0.25, -0.2) is 4.79 Å². The Bertz CT molecular complexity index is 1130. The highest BCUT2D eigenvalue weighted by Gasteiger charge is 2.22. The maximum atomic E-state index is 11.3. The average molecular weight is 421 g/mol. The first-order valence-electron chi connectivity index (χ1n) is 10.5. The van der Waals surface area contributed by atoms with E-state index in [4.69, 9.17) is 5.10 Å². The van der Waals surface area contributed by atoms with Gasteiger partial charge in [0.2, 0.25) is 0 Å². The van der Waals surface area contributed by atoms with E-state index in [1.807, 2.05) is 36.4 Å². The smallest absolute Gasteiger partial charge is 0.407 e. The van der Waals surface area contributed by atoms with Gasteiger partial charge in [-0.15, -0.1) is 0 Å². The molecule has 7 nitrogen and oxygen atoms in total. The molecule has 31 heavy (non-hydrogen) atoms. The predicted molar refractivity (Wildman–Crippen MR) is 122 cm³/mol. The number of carboxylic acid groups (broad SMARTS) is 1. The molecule has 1 aliphatic rings. The Kier molecular flexibility index (Phi) is 5.95. The highest BCUT2D eigenvalue weighted by molar-refractivity contribution is 5.94. The van der Waals surface area contributed by atoms with Crippen LogP contribution in [0, 0.1) is 0 Å². The number of fused-ring (bicyclic) bond motifs is 1. The van der Waals surface area contributed by atoms with Gasteiger partial charge in [-0.1, -0.05) is 30.3 Å². The van der Waals surface area contributed by atoms with Crippen LogP contribution in [0.25, 0.3) is 27.6 Å². The summed E-state index contributed by atoms with van der Waals surface area (Å²) >= 11 is 0. The number of phenolic OH excluding ortho intramolecular Hbond substituents is 1. The molecule has 2 aromatic carbocycles. The van der Waals surface area contributed by atoms with Crippen LogP contribution < -0.4 is 0 Å². The van der Waals surface area contributed by atoms with Crippen molar-refractivity contribution in [2.24, 2.45) is 0 Å². The molecule has 0 unspecified atom stereocenters. The normalized spacial score (nSPS) is 14.3. The number of phenols is 1. The van der Waals surface area contributed by atoms with Crippen molar-refractivity contribution in [2.75, 3.05) is 33.7 Å². The zero-order chi connectivity index (χ0) is 22.0. The number of carbonyl (C=O) groups is 1. The number of hydrogen-bond donors (Lipinski definition) is 2. The molecule has 2 N–H and O–H groups in total. The molecule has 0 radical (unpaired) electrons. The fraction of sp³-hybridized carbons (Fsp3) is 0.333. The molecule has 0 saturated heterocycles. The molecule has 162 valence electrons. The van der Waals surface area contributed by atoms with Crippen molar-refractivity contribution >= 4 is 22.6 Å². The molecule has 0 fully saturated rings. The van der Waals surface area contributed by atoms with Gasteiger partial charge in [-0.05, 0) is 62.8 Å². The lowest BCUT2D eigenvalue weighted by Crippen LogP contribution is -2.33. The molecule has 0 atom stereocenters. The lowest BCUT2D eigenvalue weighted by atomic mass is 9.99. The highest BCUT2D eigenvalue weighted by Crippen LogP contribution is 2.34. The Morgan fingerprint density at radius 1 is 1.19 bits per heavy atom. The second-order valence-corrected chi connectivity index (χ2v) is 8.19. The van der Waals surface area contributed by atoms with Crippen LogP contribution in [0.4, 0.5) is 4.79 Å². The first-order valence-corrected chi connectivity index (χ1v) is 10.5. The van der Waals surface area contributed by atoms with Crippen molar-refractivity contribution in [2.45, 2.75) is 19.4 Å². The van der Waals surface area contributed by atoms with Crippen LogP contribution in [0.5, 0.6) is 5.75 Å². The third-order valence-electron chi connectivity index (χ3n) is 5.71. The molecular formula is C24H28N4O3. The molecule has 4 rings (SSSR count). The molecule has 1 amide bonds. The van der Waals surface area contributed by atoms with Gasteiger partial charge in [-0.3, -0.25) is 4.68 Å². The molecule has 2 heterocycles. The summed E-state index contributed by atoms with van der Waals surface area (Å²) in [5.74, 6) is 0.247. The molecule has 1 aliphatic heterocycles. The van der Waals surface area contributed by atoms with Crippen molar-refractivity contribution in [3.05, 3.63) is 54.2 Å². The number of aromatic hydroxyl groups is 1. The van der Waals surface area contributed by atoms with E-state index in [0.29, 0.717) is 19.5 Å². The number of nitrogens with zero attached hydrogens (tertiary/aromatic N) is 4. The minimum Gasteiger partial charge on any atom is -0.507 e. The van der Waals surface area contributed by atoms with Crippen LogP contribution in [-0.2, 0) is 6.54 Å². The van der Waals surface area contributed by atoms with Crippen LogP contribution >= 0.6 is 0 Å². The lowest BCUT2D eigenvalue weighted by Gasteiger charge is -2.24. The van der Waals surface area contributed by atoms with Crippen LogP contribution in [-0.4, -0.2) is 69.6 Å². The SMILES string of the molecule is CN(C)CCCn1nc2cc(-c3ccccc3O)ccc2c1C1=CCN(C(=O)O)CC1. The second-order valence-electron chi connectivity index (χ2n) is 8.19. The molecule has 0 bridgehead atoms. The minimum absolute atomic E-state index is 0.247. The van der Waals surface area contributed by atoms with Gasteiger partial charge >= 0.3 is 6.09 Å².